The first-order valence-electron chi connectivity index (χ1n) is 12.8. The maximum absolute atomic E-state index is 13.6. The molecule has 1 aliphatic rings. The third kappa shape index (κ3) is 5.57. The number of methoxy groups -OCH3 is 2. The number of aromatic nitrogens is 2. The summed E-state index contributed by atoms with van der Waals surface area (Å²) in [7, 11) is 3.04. The summed E-state index contributed by atoms with van der Waals surface area (Å²) >= 11 is 2.72. The predicted molar refractivity (Wildman–Crippen MR) is 161 cm³/mol. The number of ether oxygens (including phenoxy) is 2. The Kier molecular flexibility index (Phi) is 8.14. The molecule has 1 unspecified atom stereocenters. The molecule has 5 rings (SSSR count). The highest BCUT2D eigenvalue weighted by molar-refractivity contribution is 8.00. The van der Waals surface area contributed by atoms with Crippen molar-refractivity contribution in [1.29, 1.82) is 0 Å². The zero-order chi connectivity index (χ0) is 29.3. The molecule has 0 saturated carbocycles. The molecule has 10 heteroatoms. The molecule has 1 amide bonds. The molecule has 1 aromatic heterocycles. The minimum Gasteiger partial charge on any atom is -0.507 e. The SMILES string of the molecule is COc1ccc(C2/C(=C(\O)c3cc(C)ccc3C)C(=O)C(=O)N2c2nnc(SCc3ccc(C)cc3)s2)cc1OC. The molecule has 8 nitrogen and oxygen atoms in total. The van der Waals surface area contributed by atoms with E-state index in [2.05, 4.69) is 34.5 Å². The van der Waals surface area contributed by atoms with Crippen LogP contribution in [0.3, 0.4) is 0 Å². The Morgan fingerprint density at radius 1 is 0.927 bits per heavy atom. The Morgan fingerprint density at radius 2 is 1.63 bits per heavy atom. The number of hydrogen-bond acceptors (Lipinski definition) is 9. The second kappa shape index (κ2) is 11.8. The van der Waals surface area contributed by atoms with Gasteiger partial charge in [-0.2, -0.15) is 0 Å². The fourth-order valence-corrected chi connectivity index (χ4v) is 6.52. The van der Waals surface area contributed by atoms with Crippen LogP contribution in [-0.4, -0.2) is 41.2 Å². The number of carbonyl (C=O) groups excluding carboxylic acids is 2. The molecule has 1 fully saturated rings. The lowest BCUT2D eigenvalue weighted by atomic mass is 9.93. The van der Waals surface area contributed by atoms with Crippen molar-refractivity contribution in [2.24, 2.45) is 0 Å². The normalized spacial score (nSPS) is 16.3. The van der Waals surface area contributed by atoms with Gasteiger partial charge in [-0.25, -0.2) is 0 Å². The van der Waals surface area contributed by atoms with Crippen LogP contribution in [0.4, 0.5) is 5.13 Å². The third-order valence-electron chi connectivity index (χ3n) is 6.90. The molecule has 1 saturated heterocycles. The van der Waals surface area contributed by atoms with E-state index >= 15 is 0 Å². The van der Waals surface area contributed by atoms with E-state index < -0.39 is 17.7 Å². The van der Waals surface area contributed by atoms with Crippen LogP contribution in [-0.2, 0) is 15.3 Å². The Morgan fingerprint density at radius 3 is 2.34 bits per heavy atom. The van der Waals surface area contributed by atoms with Crippen molar-refractivity contribution >= 4 is 45.7 Å². The van der Waals surface area contributed by atoms with E-state index in [0.717, 1.165) is 16.7 Å². The molecule has 1 atom stereocenters. The Balaban J connectivity index is 1.60. The van der Waals surface area contributed by atoms with E-state index in [0.29, 0.717) is 32.7 Å². The molecule has 1 aliphatic heterocycles. The first-order chi connectivity index (χ1) is 19.7. The molecular formula is C31H29N3O5S2. The van der Waals surface area contributed by atoms with Crippen molar-refractivity contribution in [2.45, 2.75) is 36.9 Å². The summed E-state index contributed by atoms with van der Waals surface area (Å²) in [5, 5.41) is 20.4. The van der Waals surface area contributed by atoms with Gasteiger partial charge in [-0.1, -0.05) is 76.7 Å². The van der Waals surface area contributed by atoms with Crippen LogP contribution < -0.4 is 14.4 Å². The molecule has 0 bridgehead atoms. The number of rotatable bonds is 8. The molecular weight excluding hydrogens is 558 g/mol. The average Bonchev–Trinajstić information content (AvgIpc) is 3.55. The summed E-state index contributed by atoms with van der Waals surface area (Å²) in [6.07, 6.45) is 0. The highest BCUT2D eigenvalue weighted by atomic mass is 32.2. The average molecular weight is 588 g/mol. The molecule has 0 aliphatic carbocycles. The van der Waals surface area contributed by atoms with E-state index in [4.69, 9.17) is 9.47 Å². The van der Waals surface area contributed by atoms with Gasteiger partial charge < -0.3 is 14.6 Å². The van der Waals surface area contributed by atoms with Crippen molar-refractivity contribution in [3.8, 4) is 11.5 Å². The van der Waals surface area contributed by atoms with Crippen molar-refractivity contribution in [3.05, 3.63) is 99.6 Å². The molecule has 4 aromatic rings. The summed E-state index contributed by atoms with van der Waals surface area (Å²) in [6, 6.07) is 18.0. The number of ketones is 1. The molecule has 3 aromatic carbocycles. The Hall–Kier alpha value is -4.15. The summed E-state index contributed by atoms with van der Waals surface area (Å²) in [4.78, 5) is 28.5. The molecule has 0 spiro atoms. The lowest BCUT2D eigenvalue weighted by Gasteiger charge is -2.23. The minimum absolute atomic E-state index is 0.0278. The number of hydrogen-bond donors (Lipinski definition) is 1. The summed E-state index contributed by atoms with van der Waals surface area (Å²) in [5.74, 6) is -0.234. The van der Waals surface area contributed by atoms with Crippen molar-refractivity contribution < 1.29 is 24.2 Å². The van der Waals surface area contributed by atoms with Crippen molar-refractivity contribution in [3.63, 3.8) is 0 Å². The summed E-state index contributed by atoms with van der Waals surface area (Å²) in [6.45, 7) is 5.79. The number of benzene rings is 3. The van der Waals surface area contributed by atoms with Crippen molar-refractivity contribution in [2.75, 3.05) is 19.1 Å². The van der Waals surface area contributed by atoms with Gasteiger partial charge in [0.05, 0.1) is 25.8 Å². The van der Waals surface area contributed by atoms with Gasteiger partial charge in [-0.3, -0.25) is 14.5 Å². The monoisotopic (exact) mass is 587 g/mol. The molecule has 2 heterocycles. The zero-order valence-electron chi connectivity index (χ0n) is 23.3. The third-order valence-corrected chi connectivity index (χ3v) is 9.03. The van der Waals surface area contributed by atoms with E-state index in [1.807, 2.05) is 32.9 Å². The van der Waals surface area contributed by atoms with Crippen molar-refractivity contribution in [1.82, 2.24) is 10.2 Å². The topological polar surface area (TPSA) is 102 Å². The Bertz CT molecular complexity index is 1660. The number of aliphatic hydroxyl groups excluding tert-OH is 1. The number of anilines is 1. The van der Waals surface area contributed by atoms with Gasteiger partial charge >= 0.3 is 5.91 Å². The number of nitrogens with zero attached hydrogens (tertiary/aromatic N) is 3. The number of thioether (sulfide) groups is 1. The molecule has 0 radical (unpaired) electrons. The first-order valence-corrected chi connectivity index (χ1v) is 14.6. The van der Waals surface area contributed by atoms with Crippen LogP contribution >= 0.6 is 23.1 Å². The van der Waals surface area contributed by atoms with Crippen LogP contribution in [0.25, 0.3) is 5.76 Å². The van der Waals surface area contributed by atoms with Gasteiger partial charge in [0.15, 0.2) is 15.8 Å². The number of Topliss-reactive ketones (excluding diaryl/α,β-unsaturated/α-hetero) is 1. The van der Waals surface area contributed by atoms with Crippen LogP contribution in [0.15, 0.2) is 70.6 Å². The van der Waals surface area contributed by atoms with Gasteiger partial charge in [0.2, 0.25) is 5.13 Å². The van der Waals surface area contributed by atoms with Gasteiger partial charge in [-0.15, -0.1) is 10.2 Å². The quantitative estimate of drug-likeness (QED) is 0.0831. The van der Waals surface area contributed by atoms with Crippen LogP contribution in [0.5, 0.6) is 11.5 Å². The van der Waals surface area contributed by atoms with Gasteiger partial charge in [-0.05, 0) is 55.7 Å². The fraction of sp³-hybridized carbons (Fsp3) is 0.226. The zero-order valence-corrected chi connectivity index (χ0v) is 24.9. The van der Waals surface area contributed by atoms with Gasteiger partial charge in [0.1, 0.15) is 5.76 Å². The Labute approximate surface area is 246 Å². The number of aryl methyl sites for hydroxylation is 3. The van der Waals surface area contributed by atoms with E-state index in [1.54, 1.807) is 24.3 Å². The van der Waals surface area contributed by atoms with Crippen LogP contribution in [0, 0.1) is 20.8 Å². The molecule has 1 N–H and O–H groups in total. The number of aliphatic hydroxyl groups is 1. The maximum atomic E-state index is 13.6. The van der Waals surface area contributed by atoms with E-state index in [1.165, 1.54) is 47.8 Å². The van der Waals surface area contributed by atoms with E-state index in [-0.39, 0.29) is 16.5 Å². The number of carbonyl (C=O) groups is 2. The summed E-state index contributed by atoms with van der Waals surface area (Å²) in [5.41, 5.74) is 5.02. The second-order valence-corrected chi connectivity index (χ2v) is 11.9. The van der Waals surface area contributed by atoms with Crippen LogP contribution in [0.1, 0.15) is 39.4 Å². The second-order valence-electron chi connectivity index (χ2n) is 9.73. The number of amides is 1. The van der Waals surface area contributed by atoms with E-state index in [9.17, 15) is 14.7 Å². The standard InChI is InChI=1S/C31H29N3O5S2/c1-17-7-10-20(11-8-17)16-40-31-33-32-30(41-31)34-26(21-12-13-23(38-4)24(15-21)39-5)25(28(36)29(34)37)27(35)22-14-18(2)6-9-19(22)3/h6-15,26,35H,16H2,1-5H3/b27-25+. The minimum atomic E-state index is -0.961. The first kappa shape index (κ1) is 28.4. The highest BCUT2D eigenvalue weighted by Gasteiger charge is 2.48. The lowest BCUT2D eigenvalue weighted by molar-refractivity contribution is -0.132. The maximum Gasteiger partial charge on any atom is 0.301 e. The predicted octanol–water partition coefficient (Wildman–Crippen LogP) is 6.40. The summed E-state index contributed by atoms with van der Waals surface area (Å²) < 4.78 is 11.6. The molecule has 41 heavy (non-hydrogen) atoms. The smallest absolute Gasteiger partial charge is 0.301 e. The lowest BCUT2D eigenvalue weighted by Crippen LogP contribution is -2.29. The fourth-order valence-electron chi connectivity index (χ4n) is 4.69. The highest BCUT2D eigenvalue weighted by Crippen LogP contribution is 2.46. The molecule has 210 valence electrons. The van der Waals surface area contributed by atoms with Gasteiger partial charge in [0, 0.05) is 11.3 Å². The van der Waals surface area contributed by atoms with Gasteiger partial charge in [0.25, 0.3) is 5.78 Å². The van der Waals surface area contributed by atoms with Crippen LogP contribution in [0.2, 0.25) is 0 Å². The largest absolute Gasteiger partial charge is 0.507 e.